The van der Waals surface area contributed by atoms with Crippen molar-refractivity contribution in [1.29, 1.82) is 5.26 Å². The Bertz CT molecular complexity index is 432. The molecule has 92 valence electrons. The van der Waals surface area contributed by atoms with Crippen LogP contribution in [-0.4, -0.2) is 6.04 Å². The molecule has 1 atom stereocenters. The van der Waals surface area contributed by atoms with E-state index in [1.165, 1.54) is 6.07 Å². The lowest BCUT2D eigenvalue weighted by atomic mass is 10.1. The molecule has 1 unspecified atom stereocenters. The summed E-state index contributed by atoms with van der Waals surface area (Å²) in [5.41, 5.74) is 0.458. The third kappa shape index (κ3) is 3.66. The van der Waals surface area contributed by atoms with E-state index in [9.17, 15) is 13.2 Å². The van der Waals surface area contributed by atoms with Crippen LogP contribution in [0.25, 0.3) is 0 Å². The molecule has 1 N–H and O–H groups in total. The van der Waals surface area contributed by atoms with E-state index >= 15 is 0 Å². The van der Waals surface area contributed by atoms with Gasteiger partial charge in [0.05, 0.1) is 18.1 Å². The Hall–Kier alpha value is -1.70. The van der Waals surface area contributed by atoms with Crippen LogP contribution in [0.4, 0.5) is 18.9 Å². The second kappa shape index (κ2) is 5.09. The molecule has 0 saturated carbocycles. The van der Waals surface area contributed by atoms with E-state index in [1.54, 1.807) is 13.8 Å². The number of nitriles is 1. The molecule has 0 heterocycles. The van der Waals surface area contributed by atoms with Crippen molar-refractivity contribution in [3.05, 3.63) is 29.3 Å². The summed E-state index contributed by atoms with van der Waals surface area (Å²) in [5.74, 6) is 0. The maximum Gasteiger partial charge on any atom is 0.416 e. The second-order valence-corrected chi connectivity index (χ2v) is 3.94. The van der Waals surface area contributed by atoms with Crippen LogP contribution in [0.5, 0.6) is 0 Å². The molecule has 5 heteroatoms. The average molecular weight is 242 g/mol. The smallest absolute Gasteiger partial charge is 0.381 e. The van der Waals surface area contributed by atoms with E-state index in [1.807, 2.05) is 6.07 Å². The number of halogens is 3. The number of alkyl halides is 3. The first-order chi connectivity index (χ1) is 7.84. The number of benzene rings is 1. The van der Waals surface area contributed by atoms with Gasteiger partial charge in [0.2, 0.25) is 0 Å². The molecule has 0 aliphatic heterocycles. The molecule has 17 heavy (non-hydrogen) atoms. The summed E-state index contributed by atoms with van der Waals surface area (Å²) < 4.78 is 37.5. The van der Waals surface area contributed by atoms with Gasteiger partial charge in [0.15, 0.2) is 0 Å². The molecule has 0 aliphatic carbocycles. The van der Waals surface area contributed by atoms with Crippen LogP contribution in [0, 0.1) is 18.3 Å². The zero-order valence-electron chi connectivity index (χ0n) is 9.60. The number of anilines is 1. The van der Waals surface area contributed by atoms with Crippen molar-refractivity contribution in [2.75, 3.05) is 5.32 Å². The van der Waals surface area contributed by atoms with Crippen molar-refractivity contribution in [3.8, 4) is 6.07 Å². The van der Waals surface area contributed by atoms with E-state index in [-0.39, 0.29) is 12.5 Å². The van der Waals surface area contributed by atoms with Gasteiger partial charge >= 0.3 is 6.18 Å². The Labute approximate surface area is 98.1 Å². The van der Waals surface area contributed by atoms with Crippen LogP contribution in [0.2, 0.25) is 0 Å². The number of aryl methyl sites for hydroxylation is 1. The quantitative estimate of drug-likeness (QED) is 0.876. The van der Waals surface area contributed by atoms with Gasteiger partial charge in [-0.3, -0.25) is 0 Å². The fourth-order valence-corrected chi connectivity index (χ4v) is 1.41. The Morgan fingerprint density at radius 1 is 1.41 bits per heavy atom. The molecule has 0 fully saturated rings. The first-order valence-corrected chi connectivity index (χ1v) is 5.16. The molecule has 1 aromatic carbocycles. The Kier molecular flexibility index (Phi) is 4.00. The Balaban J connectivity index is 2.96. The number of hydrogen-bond donors (Lipinski definition) is 1. The minimum atomic E-state index is -4.34. The predicted molar refractivity (Wildman–Crippen MR) is 59.5 cm³/mol. The van der Waals surface area contributed by atoms with Crippen molar-refractivity contribution in [2.24, 2.45) is 0 Å². The van der Waals surface area contributed by atoms with Gasteiger partial charge in [0.25, 0.3) is 0 Å². The van der Waals surface area contributed by atoms with E-state index in [0.717, 1.165) is 17.7 Å². The normalized spacial score (nSPS) is 12.9. The second-order valence-electron chi connectivity index (χ2n) is 3.94. The summed E-state index contributed by atoms with van der Waals surface area (Å²) in [6.07, 6.45) is -4.10. The topological polar surface area (TPSA) is 35.8 Å². The zero-order valence-corrected chi connectivity index (χ0v) is 9.60. The van der Waals surface area contributed by atoms with Crippen LogP contribution in [0.15, 0.2) is 18.2 Å². The highest BCUT2D eigenvalue weighted by atomic mass is 19.4. The lowest BCUT2D eigenvalue weighted by Crippen LogP contribution is -2.16. The van der Waals surface area contributed by atoms with E-state index in [4.69, 9.17) is 5.26 Å². The number of nitrogens with zero attached hydrogens (tertiary/aromatic N) is 1. The molecule has 0 saturated heterocycles. The van der Waals surface area contributed by atoms with Crippen LogP contribution < -0.4 is 5.32 Å². The lowest BCUT2D eigenvalue weighted by molar-refractivity contribution is -0.137. The maximum absolute atomic E-state index is 12.5. The highest BCUT2D eigenvalue weighted by Crippen LogP contribution is 2.32. The molecule has 1 aromatic rings. The summed E-state index contributed by atoms with van der Waals surface area (Å²) in [5, 5.41) is 11.4. The molecule has 0 radical (unpaired) electrons. The standard InChI is InChI=1S/C12H13F3N2/c1-8-3-4-10(12(13,14)15)7-11(8)17-9(2)5-6-16/h3-4,7,9,17H,5H2,1-2H3. The van der Waals surface area contributed by atoms with Crippen LogP contribution in [-0.2, 0) is 6.18 Å². The van der Waals surface area contributed by atoms with Crippen LogP contribution in [0.3, 0.4) is 0 Å². The number of hydrogen-bond acceptors (Lipinski definition) is 2. The Morgan fingerprint density at radius 3 is 2.59 bits per heavy atom. The highest BCUT2D eigenvalue weighted by molar-refractivity contribution is 5.53. The molecule has 0 spiro atoms. The van der Waals surface area contributed by atoms with Gasteiger partial charge in [-0.2, -0.15) is 18.4 Å². The van der Waals surface area contributed by atoms with Crippen LogP contribution in [0.1, 0.15) is 24.5 Å². The SMILES string of the molecule is Cc1ccc(C(F)(F)F)cc1NC(C)CC#N. The summed E-state index contributed by atoms with van der Waals surface area (Å²) >= 11 is 0. The van der Waals surface area contributed by atoms with Crippen LogP contribution >= 0.6 is 0 Å². The van der Waals surface area contributed by atoms with Crippen molar-refractivity contribution in [2.45, 2.75) is 32.5 Å². The minimum Gasteiger partial charge on any atom is -0.381 e. The largest absolute Gasteiger partial charge is 0.416 e. The van der Waals surface area contributed by atoms with Gasteiger partial charge in [-0.05, 0) is 31.5 Å². The average Bonchev–Trinajstić information content (AvgIpc) is 2.20. The fraction of sp³-hybridized carbons (Fsp3) is 0.417. The molecular weight excluding hydrogens is 229 g/mol. The third-order valence-electron chi connectivity index (χ3n) is 2.36. The maximum atomic E-state index is 12.5. The summed E-state index contributed by atoms with van der Waals surface area (Å²) in [6, 6.07) is 5.33. The molecule has 0 amide bonds. The number of nitrogens with one attached hydrogen (secondary N) is 1. The molecule has 1 rings (SSSR count). The monoisotopic (exact) mass is 242 g/mol. The molecule has 0 bridgehead atoms. The zero-order chi connectivity index (χ0) is 13.1. The van der Waals surface area contributed by atoms with Crippen molar-refractivity contribution >= 4 is 5.69 Å². The van der Waals surface area contributed by atoms with Gasteiger partial charge in [0.1, 0.15) is 0 Å². The highest BCUT2D eigenvalue weighted by Gasteiger charge is 2.30. The third-order valence-corrected chi connectivity index (χ3v) is 2.36. The molecule has 0 aliphatic rings. The van der Waals surface area contributed by atoms with Gasteiger partial charge in [0, 0.05) is 11.7 Å². The summed E-state index contributed by atoms with van der Waals surface area (Å²) in [7, 11) is 0. The van der Waals surface area contributed by atoms with Crippen molar-refractivity contribution < 1.29 is 13.2 Å². The van der Waals surface area contributed by atoms with Crippen molar-refractivity contribution in [1.82, 2.24) is 0 Å². The molecule has 2 nitrogen and oxygen atoms in total. The Morgan fingerprint density at radius 2 is 2.06 bits per heavy atom. The fourth-order valence-electron chi connectivity index (χ4n) is 1.41. The van der Waals surface area contributed by atoms with Gasteiger partial charge < -0.3 is 5.32 Å². The molecule has 0 aromatic heterocycles. The van der Waals surface area contributed by atoms with E-state index in [0.29, 0.717) is 5.69 Å². The van der Waals surface area contributed by atoms with Gasteiger partial charge in [-0.15, -0.1) is 0 Å². The molecular formula is C12H13F3N2. The first kappa shape index (κ1) is 13.4. The van der Waals surface area contributed by atoms with Gasteiger partial charge in [-0.1, -0.05) is 6.07 Å². The minimum absolute atomic E-state index is 0.179. The summed E-state index contributed by atoms with van der Waals surface area (Å²) in [6.45, 7) is 3.48. The van der Waals surface area contributed by atoms with Crippen molar-refractivity contribution in [3.63, 3.8) is 0 Å². The number of rotatable bonds is 3. The predicted octanol–water partition coefficient (Wildman–Crippen LogP) is 3.73. The lowest BCUT2D eigenvalue weighted by Gasteiger charge is -2.16. The van der Waals surface area contributed by atoms with Gasteiger partial charge in [-0.25, -0.2) is 0 Å². The first-order valence-electron chi connectivity index (χ1n) is 5.16. The van der Waals surface area contributed by atoms with E-state index in [2.05, 4.69) is 5.32 Å². The van der Waals surface area contributed by atoms with E-state index < -0.39 is 11.7 Å². The summed E-state index contributed by atoms with van der Waals surface area (Å²) in [4.78, 5) is 0.